The van der Waals surface area contributed by atoms with Gasteiger partial charge in [-0.1, -0.05) is 38.5 Å². The number of aromatic nitrogens is 4. The number of imidazole rings is 2. The van der Waals surface area contributed by atoms with Gasteiger partial charge in [0, 0.05) is 30.1 Å². The molecule has 0 radical (unpaired) electrons. The topological polar surface area (TPSA) is 193 Å². The van der Waals surface area contributed by atoms with Crippen molar-refractivity contribution in [3.05, 3.63) is 65.9 Å². The fourth-order valence-electron chi connectivity index (χ4n) is 9.42. The average Bonchev–Trinajstić information content (AvgIpc) is 4.11. The highest BCUT2D eigenvalue weighted by Gasteiger charge is 2.43. The molecule has 8 rings (SSSR count). The number of H-pyrrole nitrogens is 2. The van der Waals surface area contributed by atoms with Gasteiger partial charge in [-0.05, 0) is 98.7 Å². The van der Waals surface area contributed by atoms with E-state index in [-0.39, 0.29) is 41.9 Å². The van der Waals surface area contributed by atoms with Gasteiger partial charge in [0.2, 0.25) is 11.8 Å². The van der Waals surface area contributed by atoms with E-state index in [4.69, 9.17) is 28.9 Å². The number of benzene rings is 3. The minimum absolute atomic E-state index is 0.0292. The molecular weight excluding hydrogens is 793 g/mol. The van der Waals surface area contributed by atoms with Crippen molar-refractivity contribution in [1.82, 2.24) is 40.4 Å². The van der Waals surface area contributed by atoms with E-state index in [0.717, 1.165) is 74.8 Å². The Hall–Kier alpha value is -6.16. The maximum absolute atomic E-state index is 14.1. The lowest BCUT2D eigenvalue weighted by atomic mass is 9.92. The van der Waals surface area contributed by atoms with Crippen molar-refractivity contribution in [3.63, 3.8) is 0 Å². The molecule has 2 unspecified atom stereocenters. The van der Waals surface area contributed by atoms with Gasteiger partial charge in [-0.3, -0.25) is 9.59 Å². The van der Waals surface area contributed by atoms with Crippen LogP contribution in [0.3, 0.4) is 0 Å². The Labute approximate surface area is 360 Å². The Morgan fingerprint density at radius 3 is 2.15 bits per heavy atom. The molecular formula is C46H56N8O8. The number of hydrogen-bond donors (Lipinski definition) is 4. The molecule has 3 aliphatic heterocycles. The van der Waals surface area contributed by atoms with E-state index in [1.807, 2.05) is 38.7 Å². The van der Waals surface area contributed by atoms with Crippen molar-refractivity contribution in [1.29, 1.82) is 0 Å². The van der Waals surface area contributed by atoms with Crippen LogP contribution in [0.2, 0.25) is 0 Å². The minimum Gasteiger partial charge on any atom is -0.488 e. The lowest BCUT2D eigenvalue weighted by molar-refractivity contribution is -0.139. The number of hydrogen-bond acceptors (Lipinski definition) is 10. The molecule has 8 atom stereocenters. The summed E-state index contributed by atoms with van der Waals surface area (Å²) < 4.78 is 21.6. The van der Waals surface area contributed by atoms with Crippen LogP contribution in [-0.2, 0) is 30.4 Å². The summed E-state index contributed by atoms with van der Waals surface area (Å²) >= 11 is 0. The largest absolute Gasteiger partial charge is 0.488 e. The molecule has 0 aliphatic carbocycles. The quantitative estimate of drug-likeness (QED) is 0.105. The number of carbonyl (C=O) groups is 4. The summed E-state index contributed by atoms with van der Waals surface area (Å²) in [7, 11) is 4.07. The van der Waals surface area contributed by atoms with Gasteiger partial charge in [-0.2, -0.15) is 0 Å². The van der Waals surface area contributed by atoms with Crippen LogP contribution < -0.4 is 15.4 Å². The van der Waals surface area contributed by atoms with E-state index in [0.29, 0.717) is 31.1 Å². The van der Waals surface area contributed by atoms with Gasteiger partial charge in [-0.25, -0.2) is 19.6 Å². The van der Waals surface area contributed by atoms with Crippen LogP contribution >= 0.6 is 0 Å². The minimum atomic E-state index is -0.927. The molecule has 16 nitrogen and oxygen atoms in total. The first kappa shape index (κ1) is 42.5. The maximum atomic E-state index is 14.1. The number of aromatic amines is 2. The van der Waals surface area contributed by atoms with Crippen molar-refractivity contribution in [2.45, 2.75) is 116 Å². The van der Waals surface area contributed by atoms with E-state index in [1.165, 1.54) is 21.3 Å². The van der Waals surface area contributed by atoms with E-state index >= 15 is 0 Å². The fraction of sp³-hybridized carbons (Fsp3) is 0.478. The molecule has 0 bridgehead atoms. The number of fused-ring (bicyclic) bond motifs is 6. The second-order valence-corrected chi connectivity index (χ2v) is 16.9. The lowest BCUT2D eigenvalue weighted by Crippen LogP contribution is -2.55. The Morgan fingerprint density at radius 1 is 0.823 bits per heavy atom. The van der Waals surface area contributed by atoms with E-state index in [9.17, 15) is 19.2 Å². The highest BCUT2D eigenvalue weighted by atomic mass is 16.5. The molecule has 0 spiro atoms. The molecule has 328 valence electrons. The molecule has 2 aromatic heterocycles. The summed E-state index contributed by atoms with van der Waals surface area (Å²) in [6.07, 6.45) is 3.67. The van der Waals surface area contributed by atoms with Crippen LogP contribution in [0.15, 0.2) is 48.7 Å². The summed E-state index contributed by atoms with van der Waals surface area (Å²) in [6.45, 7) is 10.1. The summed E-state index contributed by atoms with van der Waals surface area (Å²) in [6, 6.07) is 12.3. The van der Waals surface area contributed by atoms with Crippen molar-refractivity contribution < 1.29 is 38.1 Å². The molecule has 2 fully saturated rings. The summed E-state index contributed by atoms with van der Waals surface area (Å²) in [5.41, 5.74) is 6.51. The third kappa shape index (κ3) is 7.69. The second-order valence-electron chi connectivity index (χ2n) is 16.9. The number of alkyl carbamates (subject to hydrolysis) is 2. The predicted molar refractivity (Wildman–Crippen MR) is 232 cm³/mol. The van der Waals surface area contributed by atoms with Gasteiger partial charge < -0.3 is 49.3 Å². The monoisotopic (exact) mass is 848 g/mol. The molecule has 2 saturated heterocycles. The maximum Gasteiger partial charge on any atom is 0.407 e. The van der Waals surface area contributed by atoms with Gasteiger partial charge in [0.1, 0.15) is 36.1 Å². The molecule has 0 saturated carbocycles. The van der Waals surface area contributed by atoms with E-state index in [2.05, 4.69) is 57.0 Å². The van der Waals surface area contributed by atoms with Crippen molar-refractivity contribution in [2.24, 2.45) is 5.92 Å². The van der Waals surface area contributed by atoms with Gasteiger partial charge in [0.25, 0.3) is 0 Å². The van der Waals surface area contributed by atoms with Gasteiger partial charge in [-0.15, -0.1) is 0 Å². The Kier molecular flexibility index (Phi) is 11.9. The molecule has 3 aromatic carbocycles. The normalized spacial score (nSPS) is 21.4. The zero-order valence-corrected chi connectivity index (χ0v) is 36.5. The summed E-state index contributed by atoms with van der Waals surface area (Å²) in [4.78, 5) is 73.1. The molecule has 4 N–H and O–H groups in total. The second kappa shape index (κ2) is 17.3. The van der Waals surface area contributed by atoms with Crippen LogP contribution in [0, 0.1) is 5.92 Å². The summed E-state index contributed by atoms with van der Waals surface area (Å²) in [5.74, 6) is 1.67. The molecule has 5 heterocycles. The van der Waals surface area contributed by atoms with Crippen LogP contribution in [-0.4, -0.2) is 105 Å². The fourth-order valence-corrected chi connectivity index (χ4v) is 9.42. The van der Waals surface area contributed by atoms with Crippen LogP contribution in [0.5, 0.6) is 5.75 Å². The number of ether oxygens (including phenoxy) is 4. The number of carbonyl (C=O) groups excluding carboxylic acids is 4. The molecule has 4 amide bonds. The molecule has 62 heavy (non-hydrogen) atoms. The molecule has 16 heteroatoms. The number of amides is 4. The van der Waals surface area contributed by atoms with Gasteiger partial charge >= 0.3 is 12.2 Å². The van der Waals surface area contributed by atoms with E-state index in [1.54, 1.807) is 18.0 Å². The van der Waals surface area contributed by atoms with Crippen LogP contribution in [0.1, 0.15) is 96.0 Å². The number of nitrogens with one attached hydrogen (secondary N) is 4. The smallest absolute Gasteiger partial charge is 0.407 e. The standard InChI is InChI=1S/C46H56N8O8/c1-9-23(2)38(51-45(57)60-7)43(55)54-25(4)11-17-36(54)42-48-33-15-13-27-19-32-30-14-12-28(18-29(30)22-62-37(32)20-31(27)40(33)50-42)34-21-47-41(49-34)35-16-10-24(3)53(35)44(56)39(26(5)59-6)52-46(58)61-8/h12-15,18-21,23-26,35-36,38-39H,9-11,16-17,22H2,1-8H3,(H,47,49)(H,48,50)(H,51,57)(H,52,58)/t23-,24-,25-,26?,35-,36-,38?,39-/m0/s1. The number of likely N-dealkylation sites (tertiary alicyclic amines) is 2. The highest BCUT2D eigenvalue weighted by Crippen LogP contribution is 2.44. The zero-order valence-electron chi connectivity index (χ0n) is 36.5. The Morgan fingerprint density at radius 2 is 1.48 bits per heavy atom. The predicted octanol–water partition coefficient (Wildman–Crippen LogP) is 7.30. The SMILES string of the molecule is CC[C@H](C)C(NC(=O)OC)C(=O)N1[C@@H](C)CC[C@H]1c1nc2c(ccc3cc4c(cc32)OCc2cc(-c3cnc([C@@H]5CC[C@H](C)N5C(=O)[C@@H](NC(=O)OC)C(C)OC)[nH]3)ccc2-4)[nH]1. The first-order valence-electron chi connectivity index (χ1n) is 21.5. The van der Waals surface area contributed by atoms with Crippen molar-refractivity contribution in [2.75, 3.05) is 21.3 Å². The van der Waals surface area contributed by atoms with Gasteiger partial charge in [0.05, 0.1) is 55.3 Å². The van der Waals surface area contributed by atoms with Gasteiger partial charge in [0.15, 0.2) is 0 Å². The Balaban J connectivity index is 1.04. The number of rotatable bonds is 11. The average molecular weight is 849 g/mol. The van der Waals surface area contributed by atoms with Crippen LogP contribution in [0.4, 0.5) is 9.59 Å². The third-order valence-corrected chi connectivity index (χ3v) is 13.3. The zero-order chi connectivity index (χ0) is 44.0. The Bertz CT molecular complexity index is 2520. The first-order valence-corrected chi connectivity index (χ1v) is 21.5. The summed E-state index contributed by atoms with van der Waals surface area (Å²) in [5, 5.41) is 7.39. The van der Waals surface area contributed by atoms with Crippen molar-refractivity contribution in [3.8, 4) is 28.1 Å². The third-order valence-electron chi connectivity index (χ3n) is 13.3. The molecule has 3 aliphatic rings. The number of methoxy groups -OCH3 is 3. The first-order chi connectivity index (χ1) is 29.8. The highest BCUT2D eigenvalue weighted by molar-refractivity contribution is 6.07. The lowest BCUT2D eigenvalue weighted by Gasteiger charge is -2.33. The van der Waals surface area contributed by atoms with Crippen molar-refractivity contribution >= 4 is 45.8 Å². The van der Waals surface area contributed by atoms with Crippen LogP contribution in [0.25, 0.3) is 44.2 Å². The van der Waals surface area contributed by atoms with E-state index < -0.39 is 30.4 Å². The number of nitrogens with zero attached hydrogens (tertiary/aromatic N) is 4. The molecule has 5 aromatic rings.